The number of para-hydroxylation sites is 1. The van der Waals surface area contributed by atoms with E-state index in [1.165, 1.54) is 0 Å². The number of fused-ring (bicyclic) bond motifs is 2. The number of carbonyl (C=O) groups is 2. The van der Waals surface area contributed by atoms with Crippen LogP contribution in [0.5, 0.6) is 0 Å². The fraction of sp³-hybridized carbons (Fsp3) is 0.182. The molecule has 0 atom stereocenters. The van der Waals surface area contributed by atoms with E-state index in [1.54, 1.807) is 18.6 Å². The molecule has 5 rings (SSSR count). The maximum atomic E-state index is 12.8. The van der Waals surface area contributed by atoms with Crippen molar-refractivity contribution in [1.82, 2.24) is 29.6 Å². The van der Waals surface area contributed by atoms with Gasteiger partial charge in [-0.1, -0.05) is 18.2 Å². The smallest absolute Gasteiger partial charge is 0.261 e. The Balaban J connectivity index is 1.76. The molecule has 3 aromatic heterocycles. The first-order valence-electron chi connectivity index (χ1n) is 9.58. The summed E-state index contributed by atoms with van der Waals surface area (Å²) in [6.45, 7) is 2.65. The van der Waals surface area contributed by atoms with Crippen molar-refractivity contribution in [3.63, 3.8) is 0 Å². The zero-order chi connectivity index (χ0) is 21.0. The lowest BCUT2D eigenvalue weighted by Gasteiger charge is -2.10. The number of rotatable bonds is 4. The highest BCUT2D eigenvalue weighted by Crippen LogP contribution is 2.35. The lowest BCUT2D eigenvalue weighted by molar-refractivity contribution is -0.122. The number of aromatic nitrogens is 4. The number of hydrogen-bond acceptors (Lipinski definition) is 5. The monoisotopic (exact) mass is 400 g/mol. The van der Waals surface area contributed by atoms with E-state index in [4.69, 9.17) is 0 Å². The van der Waals surface area contributed by atoms with E-state index in [9.17, 15) is 9.59 Å². The van der Waals surface area contributed by atoms with Crippen molar-refractivity contribution in [2.75, 3.05) is 14.1 Å². The van der Waals surface area contributed by atoms with Crippen molar-refractivity contribution in [2.24, 2.45) is 0 Å². The van der Waals surface area contributed by atoms with Crippen LogP contribution in [0.2, 0.25) is 0 Å². The number of benzene rings is 1. The number of imide groups is 1. The Bertz CT molecular complexity index is 1380. The number of aryl methyl sites for hydroxylation is 1. The number of hydrogen-bond donors (Lipinski definition) is 2. The fourth-order valence-electron chi connectivity index (χ4n) is 3.99. The maximum Gasteiger partial charge on any atom is 0.261 e. The largest absolute Gasteiger partial charge is 0.360 e. The normalized spacial score (nSPS) is 14.5. The Labute approximate surface area is 172 Å². The van der Waals surface area contributed by atoms with E-state index in [2.05, 4.69) is 20.3 Å². The van der Waals surface area contributed by atoms with Crippen molar-refractivity contribution in [3.05, 3.63) is 65.5 Å². The average Bonchev–Trinajstić information content (AvgIpc) is 3.36. The molecule has 8 heteroatoms. The zero-order valence-corrected chi connectivity index (χ0v) is 16.9. The van der Waals surface area contributed by atoms with Crippen molar-refractivity contribution >= 4 is 39.5 Å². The van der Waals surface area contributed by atoms with Gasteiger partial charge in [0.25, 0.3) is 11.8 Å². The van der Waals surface area contributed by atoms with E-state index in [0.29, 0.717) is 34.6 Å². The molecule has 1 aliphatic rings. The molecular weight excluding hydrogens is 380 g/mol. The number of nitrogens with one attached hydrogen (secondary N) is 2. The lowest BCUT2D eigenvalue weighted by atomic mass is 9.98. The fourth-order valence-corrected chi connectivity index (χ4v) is 3.99. The number of nitrogens with zero attached hydrogens (tertiary/aromatic N) is 4. The number of carbonyl (C=O) groups excluding carboxylic acids is 2. The molecule has 4 aromatic rings. The van der Waals surface area contributed by atoms with Crippen LogP contribution >= 0.6 is 0 Å². The second-order valence-electron chi connectivity index (χ2n) is 7.72. The molecule has 0 aliphatic carbocycles. The summed E-state index contributed by atoms with van der Waals surface area (Å²) in [5.74, 6) is -0.834. The van der Waals surface area contributed by atoms with Crippen LogP contribution in [0.1, 0.15) is 22.5 Å². The maximum absolute atomic E-state index is 12.8. The summed E-state index contributed by atoms with van der Waals surface area (Å²) in [4.78, 5) is 39.7. The van der Waals surface area contributed by atoms with Gasteiger partial charge >= 0.3 is 0 Å². The molecule has 0 fully saturated rings. The van der Waals surface area contributed by atoms with Gasteiger partial charge in [0.05, 0.1) is 34.9 Å². The molecular formula is C22H20N6O2. The number of aromatic amines is 1. The van der Waals surface area contributed by atoms with Crippen molar-refractivity contribution in [1.29, 1.82) is 0 Å². The summed E-state index contributed by atoms with van der Waals surface area (Å²) in [6, 6.07) is 5.89. The topological polar surface area (TPSA) is 95.4 Å². The molecule has 150 valence electrons. The van der Waals surface area contributed by atoms with Gasteiger partial charge in [0, 0.05) is 35.4 Å². The molecule has 0 saturated carbocycles. The van der Waals surface area contributed by atoms with Gasteiger partial charge in [-0.25, -0.2) is 4.98 Å². The van der Waals surface area contributed by atoms with Gasteiger partial charge in [-0.3, -0.25) is 24.3 Å². The third kappa shape index (κ3) is 2.73. The minimum Gasteiger partial charge on any atom is -0.360 e. The van der Waals surface area contributed by atoms with E-state index >= 15 is 0 Å². The Morgan fingerprint density at radius 3 is 2.67 bits per heavy atom. The highest BCUT2D eigenvalue weighted by atomic mass is 16.2. The molecule has 1 aliphatic heterocycles. The van der Waals surface area contributed by atoms with Crippen molar-refractivity contribution in [2.45, 2.75) is 13.5 Å². The Morgan fingerprint density at radius 2 is 1.87 bits per heavy atom. The third-order valence-corrected chi connectivity index (χ3v) is 5.31. The van der Waals surface area contributed by atoms with Gasteiger partial charge < -0.3 is 9.88 Å². The van der Waals surface area contributed by atoms with Crippen molar-refractivity contribution < 1.29 is 9.59 Å². The zero-order valence-electron chi connectivity index (χ0n) is 16.9. The SMILES string of the molecule is Cc1cccc2c(C3=C(c4cnc5cnc(CN(C)C)cn45)C(=O)NC3=O)c[nH]c12. The molecule has 2 amide bonds. The summed E-state index contributed by atoms with van der Waals surface area (Å²) in [6.07, 6.45) is 6.93. The predicted octanol–water partition coefficient (Wildman–Crippen LogP) is 2.15. The molecule has 4 heterocycles. The summed E-state index contributed by atoms with van der Waals surface area (Å²) in [5.41, 5.74) is 5.39. The number of amides is 2. The predicted molar refractivity (Wildman–Crippen MR) is 113 cm³/mol. The first-order valence-corrected chi connectivity index (χ1v) is 9.58. The molecule has 30 heavy (non-hydrogen) atoms. The molecule has 2 N–H and O–H groups in total. The molecule has 0 spiro atoms. The van der Waals surface area contributed by atoms with E-state index in [-0.39, 0.29) is 0 Å². The van der Waals surface area contributed by atoms with Crippen LogP contribution in [0.4, 0.5) is 0 Å². The molecule has 0 saturated heterocycles. The second-order valence-corrected chi connectivity index (χ2v) is 7.72. The summed E-state index contributed by atoms with van der Waals surface area (Å²) >= 11 is 0. The quantitative estimate of drug-likeness (QED) is 0.512. The molecule has 0 unspecified atom stereocenters. The third-order valence-electron chi connectivity index (χ3n) is 5.31. The van der Waals surface area contributed by atoms with E-state index in [1.807, 2.05) is 54.7 Å². The first kappa shape index (κ1) is 18.3. The van der Waals surface area contributed by atoms with Gasteiger partial charge in [0.2, 0.25) is 0 Å². The Kier molecular flexibility index (Phi) is 4.04. The van der Waals surface area contributed by atoms with Crippen LogP contribution in [0.15, 0.2) is 43.0 Å². The standard InChI is InChI=1S/C22H20N6O2/c1-12-5-4-6-14-15(7-25-20(12)14)18-19(22(30)26-21(18)29)16-8-24-17-9-23-13(10-27(2)3)11-28(16)17/h4-9,11,25H,10H2,1-3H3,(H,26,29,30). The Morgan fingerprint density at radius 1 is 1.07 bits per heavy atom. The minimum absolute atomic E-state index is 0.317. The highest BCUT2D eigenvalue weighted by Gasteiger charge is 2.35. The van der Waals surface area contributed by atoms with Crippen LogP contribution in [-0.2, 0) is 16.1 Å². The molecule has 0 radical (unpaired) electrons. The van der Waals surface area contributed by atoms with Crippen molar-refractivity contribution in [3.8, 4) is 0 Å². The second kappa shape index (κ2) is 6.64. The number of H-pyrrole nitrogens is 1. The van der Waals surface area contributed by atoms with Crippen LogP contribution in [0.25, 0.3) is 27.7 Å². The van der Waals surface area contributed by atoms with Crippen LogP contribution in [0, 0.1) is 6.92 Å². The minimum atomic E-state index is -0.426. The molecule has 0 bridgehead atoms. The Hall–Kier alpha value is -3.78. The lowest BCUT2D eigenvalue weighted by Crippen LogP contribution is -2.23. The van der Waals surface area contributed by atoms with Crippen LogP contribution < -0.4 is 5.32 Å². The summed E-state index contributed by atoms with van der Waals surface area (Å²) in [7, 11) is 3.92. The molecule has 8 nitrogen and oxygen atoms in total. The molecule has 1 aromatic carbocycles. The average molecular weight is 400 g/mol. The van der Waals surface area contributed by atoms with Crippen LogP contribution in [-0.4, -0.2) is 50.2 Å². The summed E-state index contributed by atoms with van der Waals surface area (Å²) < 4.78 is 1.82. The van der Waals surface area contributed by atoms with E-state index in [0.717, 1.165) is 22.2 Å². The highest BCUT2D eigenvalue weighted by molar-refractivity contribution is 6.49. The number of imidazole rings is 1. The van der Waals surface area contributed by atoms with Gasteiger partial charge in [0.15, 0.2) is 5.65 Å². The van der Waals surface area contributed by atoms with Gasteiger partial charge in [-0.05, 0) is 26.6 Å². The summed E-state index contributed by atoms with van der Waals surface area (Å²) in [5, 5.41) is 3.35. The first-order chi connectivity index (χ1) is 14.4. The van der Waals surface area contributed by atoms with Crippen LogP contribution in [0.3, 0.4) is 0 Å². The van der Waals surface area contributed by atoms with Gasteiger partial charge in [-0.2, -0.15) is 0 Å². The van der Waals surface area contributed by atoms with Gasteiger partial charge in [0.1, 0.15) is 0 Å². The van der Waals surface area contributed by atoms with E-state index < -0.39 is 11.8 Å². The van der Waals surface area contributed by atoms with Gasteiger partial charge in [-0.15, -0.1) is 0 Å².